The van der Waals surface area contributed by atoms with E-state index in [4.69, 9.17) is 4.74 Å². The highest BCUT2D eigenvalue weighted by Gasteiger charge is 2.37. The number of ketones is 1. The molecule has 0 radical (unpaired) electrons. The highest BCUT2D eigenvalue weighted by Crippen LogP contribution is 2.38. The summed E-state index contributed by atoms with van der Waals surface area (Å²) in [7, 11) is 0. The van der Waals surface area contributed by atoms with Crippen molar-refractivity contribution in [3.8, 4) is 0 Å². The lowest BCUT2D eigenvalue weighted by molar-refractivity contribution is -0.135. The van der Waals surface area contributed by atoms with Crippen molar-refractivity contribution < 1.29 is 19.4 Å². The molecule has 0 saturated carbocycles. The molecule has 0 aromatic heterocycles. The molecule has 1 N–H and O–H groups in total. The zero-order valence-corrected chi connectivity index (χ0v) is 11.0. The maximum Gasteiger partial charge on any atom is 0.379 e. The summed E-state index contributed by atoms with van der Waals surface area (Å²) in [4.78, 5) is 23.8. The number of hydrogen-bond donors (Lipinski definition) is 1. The van der Waals surface area contributed by atoms with Gasteiger partial charge in [0, 0.05) is 16.6 Å². The van der Waals surface area contributed by atoms with Crippen molar-refractivity contribution in [2.45, 2.75) is 46.5 Å². The fraction of sp³-hybridized carbons (Fsp3) is 0.571. The molecule has 0 fully saturated rings. The van der Waals surface area contributed by atoms with E-state index >= 15 is 0 Å². The van der Waals surface area contributed by atoms with E-state index in [1.165, 1.54) is 0 Å². The average molecular weight is 250 g/mol. The van der Waals surface area contributed by atoms with Crippen molar-refractivity contribution in [3.63, 3.8) is 0 Å². The molecule has 0 amide bonds. The van der Waals surface area contributed by atoms with Gasteiger partial charge in [-0.05, 0) is 25.7 Å². The molecule has 0 saturated heterocycles. The van der Waals surface area contributed by atoms with Crippen LogP contribution in [0.2, 0.25) is 0 Å². The van der Waals surface area contributed by atoms with Gasteiger partial charge >= 0.3 is 5.97 Å². The molecule has 0 bridgehead atoms. The average Bonchev–Trinajstić information content (AvgIpc) is 2.48. The maximum atomic E-state index is 12.4. The van der Waals surface area contributed by atoms with Gasteiger partial charge in [-0.15, -0.1) is 0 Å². The maximum absolute atomic E-state index is 12.4. The summed E-state index contributed by atoms with van der Waals surface area (Å²) >= 11 is 0. The number of esters is 1. The smallest absolute Gasteiger partial charge is 0.379 e. The first-order valence-corrected chi connectivity index (χ1v) is 6.25. The van der Waals surface area contributed by atoms with Crippen LogP contribution in [-0.2, 0) is 14.3 Å². The quantitative estimate of drug-likeness (QED) is 0.727. The fourth-order valence-electron chi connectivity index (χ4n) is 2.30. The normalized spacial score (nSPS) is 20.7. The molecule has 0 atom stereocenters. The molecule has 0 spiro atoms. The summed E-state index contributed by atoms with van der Waals surface area (Å²) in [6.07, 6.45) is 2.92. The van der Waals surface area contributed by atoms with Crippen molar-refractivity contribution in [1.29, 1.82) is 0 Å². The summed E-state index contributed by atoms with van der Waals surface area (Å²) in [5, 5.41) is 9.68. The zero-order valence-electron chi connectivity index (χ0n) is 11.0. The SMILES string of the molecule is CC(C)(C)C(=O)C1=C2OC(=O)C(O)=C2CCCC1. The van der Waals surface area contributed by atoms with Gasteiger partial charge in [0.2, 0.25) is 5.76 Å². The van der Waals surface area contributed by atoms with Crippen molar-refractivity contribution >= 4 is 11.8 Å². The van der Waals surface area contributed by atoms with E-state index in [9.17, 15) is 14.7 Å². The van der Waals surface area contributed by atoms with E-state index in [0.717, 1.165) is 12.8 Å². The molecule has 4 nitrogen and oxygen atoms in total. The Morgan fingerprint density at radius 2 is 1.83 bits per heavy atom. The lowest BCUT2D eigenvalue weighted by Gasteiger charge is -2.19. The Hall–Kier alpha value is -1.58. The van der Waals surface area contributed by atoms with Gasteiger partial charge in [0.15, 0.2) is 5.78 Å². The molecule has 1 aliphatic heterocycles. The molecular formula is C14H18O4. The number of aliphatic hydroxyl groups excluding tert-OH is 1. The zero-order chi connectivity index (χ0) is 13.5. The molecule has 18 heavy (non-hydrogen) atoms. The predicted octanol–water partition coefficient (Wildman–Crippen LogP) is 2.80. The second-order valence-electron chi connectivity index (χ2n) is 5.81. The number of allylic oxidation sites excluding steroid dienone is 2. The molecule has 0 aromatic rings. The molecule has 0 aromatic carbocycles. The topological polar surface area (TPSA) is 63.6 Å². The first-order chi connectivity index (χ1) is 8.32. The Kier molecular flexibility index (Phi) is 3.05. The Morgan fingerprint density at radius 1 is 1.22 bits per heavy atom. The van der Waals surface area contributed by atoms with Crippen LogP contribution in [-0.4, -0.2) is 16.9 Å². The Labute approximate surface area is 106 Å². The molecule has 98 valence electrons. The summed E-state index contributed by atoms with van der Waals surface area (Å²) in [5.74, 6) is -0.762. The van der Waals surface area contributed by atoms with Crippen molar-refractivity contribution in [2.24, 2.45) is 5.41 Å². The van der Waals surface area contributed by atoms with Gasteiger partial charge in [-0.1, -0.05) is 20.8 Å². The van der Waals surface area contributed by atoms with E-state index < -0.39 is 11.4 Å². The number of carbonyl (C=O) groups is 2. The van der Waals surface area contributed by atoms with Crippen LogP contribution in [0.25, 0.3) is 0 Å². The highest BCUT2D eigenvalue weighted by atomic mass is 16.6. The molecule has 2 aliphatic rings. The molecule has 2 rings (SSSR count). The minimum atomic E-state index is -0.735. The fourth-order valence-corrected chi connectivity index (χ4v) is 2.30. The third kappa shape index (κ3) is 2.07. The van der Waals surface area contributed by atoms with Gasteiger partial charge in [-0.2, -0.15) is 0 Å². The van der Waals surface area contributed by atoms with Gasteiger partial charge in [0.05, 0.1) is 0 Å². The lowest BCUT2D eigenvalue weighted by atomic mass is 9.84. The monoisotopic (exact) mass is 250 g/mol. The van der Waals surface area contributed by atoms with E-state index in [0.29, 0.717) is 29.7 Å². The first-order valence-electron chi connectivity index (χ1n) is 6.25. The van der Waals surface area contributed by atoms with Crippen LogP contribution in [0.1, 0.15) is 46.5 Å². The number of rotatable bonds is 1. The van der Waals surface area contributed by atoms with Gasteiger partial charge < -0.3 is 9.84 Å². The van der Waals surface area contributed by atoms with Gasteiger partial charge in [0.25, 0.3) is 0 Å². The third-order valence-electron chi connectivity index (χ3n) is 3.28. The van der Waals surface area contributed by atoms with Crippen LogP contribution in [0.5, 0.6) is 0 Å². The first kappa shape index (κ1) is 12.9. The standard InChI is InChI=1S/C14H18O4/c1-14(2,3)12(16)9-7-5-4-6-8-10(15)13(17)18-11(8)9/h15H,4-7H2,1-3H3. The second kappa shape index (κ2) is 4.26. The van der Waals surface area contributed by atoms with Crippen LogP contribution in [0.4, 0.5) is 0 Å². The summed E-state index contributed by atoms with van der Waals surface area (Å²) in [6.45, 7) is 5.52. The molecule has 4 heteroatoms. The molecule has 0 unspecified atom stereocenters. The van der Waals surface area contributed by atoms with E-state index in [1.54, 1.807) is 0 Å². The van der Waals surface area contributed by atoms with Crippen LogP contribution < -0.4 is 0 Å². The lowest BCUT2D eigenvalue weighted by Crippen LogP contribution is -2.23. The van der Waals surface area contributed by atoms with Crippen LogP contribution in [0.15, 0.2) is 22.7 Å². The van der Waals surface area contributed by atoms with Crippen molar-refractivity contribution in [3.05, 3.63) is 22.7 Å². The minimum Gasteiger partial charge on any atom is -0.502 e. The second-order valence-corrected chi connectivity index (χ2v) is 5.81. The van der Waals surface area contributed by atoms with Crippen molar-refractivity contribution in [2.75, 3.05) is 0 Å². The number of aliphatic hydroxyl groups is 1. The Balaban J connectivity index is 2.51. The van der Waals surface area contributed by atoms with E-state index in [-0.39, 0.29) is 11.5 Å². The number of fused-ring (bicyclic) bond motifs is 1. The van der Waals surface area contributed by atoms with E-state index in [1.807, 2.05) is 20.8 Å². The van der Waals surface area contributed by atoms with Crippen LogP contribution in [0, 0.1) is 5.41 Å². The van der Waals surface area contributed by atoms with Gasteiger partial charge in [0.1, 0.15) is 5.76 Å². The van der Waals surface area contributed by atoms with Gasteiger partial charge in [-0.25, -0.2) is 4.79 Å². The number of carbonyl (C=O) groups excluding carboxylic acids is 2. The predicted molar refractivity (Wildman–Crippen MR) is 65.7 cm³/mol. The van der Waals surface area contributed by atoms with Gasteiger partial charge in [-0.3, -0.25) is 4.79 Å². The molecule has 1 heterocycles. The summed E-state index contributed by atoms with van der Waals surface area (Å²) < 4.78 is 5.08. The van der Waals surface area contributed by atoms with Crippen molar-refractivity contribution in [1.82, 2.24) is 0 Å². The number of Topliss-reactive ketones (excluding diaryl/α,β-unsaturated/α-hetero) is 1. The Morgan fingerprint density at radius 3 is 2.44 bits per heavy atom. The Bertz CT molecular complexity index is 475. The molecule has 1 aliphatic carbocycles. The number of ether oxygens (including phenoxy) is 1. The van der Waals surface area contributed by atoms with Crippen LogP contribution in [0.3, 0.4) is 0 Å². The van der Waals surface area contributed by atoms with E-state index in [2.05, 4.69) is 0 Å². The summed E-state index contributed by atoms with van der Waals surface area (Å²) in [6, 6.07) is 0. The number of hydrogen-bond acceptors (Lipinski definition) is 4. The largest absolute Gasteiger partial charge is 0.502 e. The van der Waals surface area contributed by atoms with Crippen LogP contribution >= 0.6 is 0 Å². The minimum absolute atomic E-state index is 0.0144. The molecular weight excluding hydrogens is 232 g/mol. The summed E-state index contributed by atoms with van der Waals surface area (Å²) in [5.41, 5.74) is 0.542. The highest BCUT2D eigenvalue weighted by molar-refractivity contribution is 6.02. The third-order valence-corrected chi connectivity index (χ3v) is 3.28.